The summed E-state index contributed by atoms with van der Waals surface area (Å²) in [6, 6.07) is 0. The maximum Gasteiger partial charge on any atom is 0.158 e. The summed E-state index contributed by atoms with van der Waals surface area (Å²) in [7, 11) is -1.51. The van der Waals surface area contributed by atoms with Gasteiger partial charge in [-0.05, 0) is 48.8 Å². The molecule has 0 aromatic heterocycles. The minimum Gasteiger partial charge on any atom is -0.295 e. The lowest BCUT2D eigenvalue weighted by atomic mass is 9.80. The number of hydrogen-bond donors (Lipinski definition) is 0. The average Bonchev–Trinajstić information content (AvgIpc) is 2.45. The molecule has 0 unspecified atom stereocenters. The van der Waals surface area contributed by atoms with Gasteiger partial charge in [0.2, 0.25) is 0 Å². The predicted octanol–water partition coefficient (Wildman–Crippen LogP) is 5.16. The van der Waals surface area contributed by atoms with Crippen molar-refractivity contribution in [2.24, 2.45) is 11.8 Å². The highest BCUT2D eigenvalue weighted by atomic mass is 32.2. The smallest absolute Gasteiger partial charge is 0.158 e. The number of thioether (sulfide) groups is 2. The molecule has 1 aliphatic carbocycles. The topological polar surface area (TPSA) is 17.1 Å². The van der Waals surface area contributed by atoms with Crippen LogP contribution in [0.4, 0.5) is 0 Å². The Morgan fingerprint density at radius 1 is 1.29 bits per heavy atom. The lowest BCUT2D eigenvalue weighted by molar-refractivity contribution is -0.120. The molecular formula is C17H28OS2Si. The van der Waals surface area contributed by atoms with E-state index in [1.54, 1.807) is 0 Å². The van der Waals surface area contributed by atoms with Crippen molar-refractivity contribution in [1.82, 2.24) is 0 Å². The standard InChI is InChI=1S/C17H28OS2Si/c1-5-6-8-13-14(17-19-11-7-12-20-17)9-10-15(16(13)18)21(2,3)4/h5-6,10,13-14,17H,7-9,11-12H2,1-4H3/b6-5+/t13-,14+/m1/s1. The summed E-state index contributed by atoms with van der Waals surface area (Å²) in [5.74, 6) is 3.75. The maximum absolute atomic E-state index is 13.0. The van der Waals surface area contributed by atoms with Crippen LogP contribution in [0.2, 0.25) is 19.6 Å². The quantitative estimate of drug-likeness (QED) is 0.520. The number of carbonyl (C=O) groups is 1. The van der Waals surface area contributed by atoms with E-state index >= 15 is 0 Å². The number of carbonyl (C=O) groups excluding carboxylic acids is 1. The van der Waals surface area contributed by atoms with Crippen molar-refractivity contribution in [3.05, 3.63) is 23.4 Å². The summed E-state index contributed by atoms with van der Waals surface area (Å²) in [5.41, 5.74) is 0. The third-order valence-corrected chi connectivity index (χ3v) is 9.64. The first-order valence-corrected chi connectivity index (χ1v) is 13.6. The van der Waals surface area contributed by atoms with Gasteiger partial charge in [0.25, 0.3) is 0 Å². The normalized spacial score (nSPS) is 29.0. The minimum atomic E-state index is -1.51. The Kier molecular flexibility index (Phi) is 6.27. The van der Waals surface area contributed by atoms with Crippen LogP contribution in [-0.4, -0.2) is 29.9 Å². The molecule has 0 bridgehead atoms. The first-order valence-electron chi connectivity index (χ1n) is 8.04. The Balaban J connectivity index is 2.23. The fourth-order valence-corrected chi connectivity index (χ4v) is 8.19. The molecule has 2 atom stereocenters. The maximum atomic E-state index is 13.0. The molecule has 0 N–H and O–H groups in total. The second-order valence-electron chi connectivity index (χ2n) is 7.01. The van der Waals surface area contributed by atoms with Crippen LogP contribution in [0.1, 0.15) is 26.2 Å². The number of Topliss-reactive ketones (excluding diaryl/α,β-unsaturated/α-hetero) is 1. The zero-order valence-corrected chi connectivity index (χ0v) is 16.4. The summed E-state index contributed by atoms with van der Waals surface area (Å²) in [5, 5.41) is 1.19. The lowest BCUT2D eigenvalue weighted by Gasteiger charge is -2.38. The summed E-state index contributed by atoms with van der Waals surface area (Å²) >= 11 is 4.17. The van der Waals surface area contributed by atoms with E-state index in [1.165, 1.54) is 23.1 Å². The molecule has 0 saturated carbocycles. The largest absolute Gasteiger partial charge is 0.295 e. The molecule has 118 valence electrons. The Morgan fingerprint density at radius 3 is 2.52 bits per heavy atom. The summed E-state index contributed by atoms with van der Waals surface area (Å²) in [4.78, 5) is 13.0. The molecule has 0 aromatic carbocycles. The van der Waals surface area contributed by atoms with Gasteiger partial charge in [-0.2, -0.15) is 0 Å². The van der Waals surface area contributed by atoms with Crippen LogP contribution in [0, 0.1) is 11.8 Å². The van der Waals surface area contributed by atoms with Gasteiger partial charge >= 0.3 is 0 Å². The number of allylic oxidation sites excluding steroid dienone is 4. The van der Waals surface area contributed by atoms with E-state index in [0.717, 1.165) is 12.8 Å². The van der Waals surface area contributed by atoms with Crippen LogP contribution in [-0.2, 0) is 4.79 Å². The van der Waals surface area contributed by atoms with E-state index in [2.05, 4.69) is 68.3 Å². The third kappa shape index (κ3) is 4.29. The van der Waals surface area contributed by atoms with E-state index in [-0.39, 0.29) is 5.92 Å². The van der Waals surface area contributed by atoms with Crippen molar-refractivity contribution < 1.29 is 4.79 Å². The summed E-state index contributed by atoms with van der Waals surface area (Å²) < 4.78 is 0.623. The van der Waals surface area contributed by atoms with Gasteiger partial charge in [0.1, 0.15) is 0 Å². The van der Waals surface area contributed by atoms with Gasteiger partial charge in [-0.25, -0.2) is 0 Å². The lowest BCUT2D eigenvalue weighted by Crippen LogP contribution is -2.41. The number of ketones is 1. The first-order chi connectivity index (χ1) is 9.95. The zero-order valence-electron chi connectivity index (χ0n) is 13.7. The number of hydrogen-bond acceptors (Lipinski definition) is 3. The van der Waals surface area contributed by atoms with E-state index in [1.807, 2.05) is 0 Å². The van der Waals surface area contributed by atoms with Crippen LogP contribution in [0.5, 0.6) is 0 Å². The van der Waals surface area contributed by atoms with Gasteiger partial charge in [0, 0.05) is 5.92 Å². The Bertz CT molecular complexity index is 431. The highest BCUT2D eigenvalue weighted by Gasteiger charge is 2.41. The van der Waals surface area contributed by atoms with Crippen LogP contribution in [0.15, 0.2) is 23.4 Å². The van der Waals surface area contributed by atoms with Crippen molar-refractivity contribution in [2.45, 2.75) is 50.4 Å². The molecule has 21 heavy (non-hydrogen) atoms. The third-order valence-electron chi connectivity index (χ3n) is 4.35. The molecule has 0 amide bonds. The van der Waals surface area contributed by atoms with E-state index in [0.29, 0.717) is 16.3 Å². The van der Waals surface area contributed by atoms with Gasteiger partial charge in [-0.15, -0.1) is 23.5 Å². The van der Waals surface area contributed by atoms with Gasteiger partial charge in [0.15, 0.2) is 5.78 Å². The Hall–Kier alpha value is 0.0669. The summed E-state index contributed by atoms with van der Waals surface area (Å²) in [6.45, 7) is 8.96. The van der Waals surface area contributed by atoms with Crippen LogP contribution >= 0.6 is 23.5 Å². The van der Waals surface area contributed by atoms with Crippen LogP contribution in [0.25, 0.3) is 0 Å². The molecule has 1 saturated heterocycles. The van der Waals surface area contributed by atoms with E-state index < -0.39 is 8.07 Å². The molecule has 1 fully saturated rings. The zero-order chi connectivity index (χ0) is 15.5. The fourth-order valence-electron chi connectivity index (χ4n) is 3.21. The average molecular weight is 341 g/mol. The molecule has 1 heterocycles. The molecule has 0 spiro atoms. The van der Waals surface area contributed by atoms with Crippen LogP contribution < -0.4 is 0 Å². The van der Waals surface area contributed by atoms with E-state index in [9.17, 15) is 4.79 Å². The van der Waals surface area contributed by atoms with Crippen molar-refractivity contribution in [3.8, 4) is 0 Å². The second kappa shape index (κ2) is 7.56. The van der Waals surface area contributed by atoms with Crippen molar-refractivity contribution in [3.63, 3.8) is 0 Å². The molecule has 0 radical (unpaired) electrons. The molecular weight excluding hydrogens is 312 g/mol. The second-order valence-corrected chi connectivity index (χ2v) is 14.8. The van der Waals surface area contributed by atoms with Gasteiger partial charge in [-0.1, -0.05) is 37.9 Å². The van der Waals surface area contributed by atoms with Gasteiger partial charge in [-0.3, -0.25) is 4.79 Å². The molecule has 0 aromatic rings. The van der Waals surface area contributed by atoms with Crippen molar-refractivity contribution >= 4 is 37.4 Å². The van der Waals surface area contributed by atoms with Gasteiger partial charge < -0.3 is 0 Å². The SMILES string of the molecule is C/C=C/C[C@H]1C(=O)C([Si](C)(C)C)=CC[C@@H]1C1SCCCS1. The minimum absolute atomic E-state index is 0.219. The first kappa shape index (κ1) is 17.4. The monoisotopic (exact) mass is 340 g/mol. The number of rotatable bonds is 4. The highest BCUT2D eigenvalue weighted by molar-refractivity contribution is 8.17. The van der Waals surface area contributed by atoms with Crippen LogP contribution in [0.3, 0.4) is 0 Å². The molecule has 1 nitrogen and oxygen atoms in total. The van der Waals surface area contributed by atoms with Gasteiger partial charge in [0.05, 0.1) is 12.7 Å². The fraction of sp³-hybridized carbons (Fsp3) is 0.706. The summed E-state index contributed by atoms with van der Waals surface area (Å²) in [6.07, 6.45) is 9.96. The highest BCUT2D eigenvalue weighted by Crippen LogP contribution is 2.45. The molecule has 1 aliphatic heterocycles. The molecule has 2 rings (SSSR count). The van der Waals surface area contributed by atoms with Crippen molar-refractivity contribution in [2.75, 3.05) is 11.5 Å². The predicted molar refractivity (Wildman–Crippen MR) is 101 cm³/mol. The van der Waals surface area contributed by atoms with E-state index in [4.69, 9.17) is 0 Å². The molecule has 2 aliphatic rings. The Labute approximate surface area is 139 Å². The Morgan fingerprint density at radius 2 is 1.95 bits per heavy atom. The van der Waals surface area contributed by atoms with Crippen molar-refractivity contribution in [1.29, 1.82) is 0 Å². The molecule has 4 heteroatoms.